The van der Waals surface area contributed by atoms with Gasteiger partial charge in [0.25, 0.3) is 11.5 Å². The van der Waals surface area contributed by atoms with Gasteiger partial charge >= 0.3 is 12.3 Å². The number of fused-ring (bicyclic) bond motifs is 2. The largest absolute Gasteiger partial charge is 0.522 e. The lowest BCUT2D eigenvalue weighted by Gasteiger charge is -2.43. The van der Waals surface area contributed by atoms with Gasteiger partial charge in [-0.2, -0.15) is 0 Å². The third kappa shape index (κ3) is 6.91. The maximum Gasteiger partial charge on any atom is 0.522 e. The predicted molar refractivity (Wildman–Crippen MR) is 168 cm³/mol. The van der Waals surface area contributed by atoms with Crippen molar-refractivity contribution in [2.75, 3.05) is 19.7 Å². The van der Waals surface area contributed by atoms with E-state index in [-0.39, 0.29) is 37.2 Å². The maximum atomic E-state index is 14.7. The molecule has 16 heteroatoms. The van der Waals surface area contributed by atoms with Crippen LogP contribution in [0.4, 0.5) is 22.0 Å². The third-order valence-corrected chi connectivity index (χ3v) is 9.97. The molecule has 1 saturated heterocycles. The minimum atomic E-state index is -5.16. The number of halogens is 6. The molecule has 2 atom stereocenters. The Morgan fingerprint density at radius 3 is 2.65 bits per heavy atom. The standard InChI is InChI=1S/C32H30ClF5N4O5S/c1-16-11-21(28-27(39-16)23(14-48-28)30(44)45)20-12-18(33)3-6-25(20)46-10-9-42-17(2)40-24-5-4-19(13-22(24)29(42)43)41-8-7-26(31(34,35)15-41)47-32(36,37)38/h3,6,11-12,14,19,26H,4-5,7-10,13,15H2,1-2H3,(H,44,45)/t19-,26+/m0/s1. The Labute approximate surface area is 279 Å². The summed E-state index contributed by atoms with van der Waals surface area (Å²) in [5, 5.41) is 11.6. The molecule has 1 fully saturated rings. The number of aryl methyl sites for hydroxylation is 3. The molecule has 0 unspecified atom stereocenters. The number of carboxylic acid groups (broad SMARTS) is 1. The lowest BCUT2D eigenvalue weighted by molar-refractivity contribution is -0.371. The molecular formula is C32H30ClF5N4O5S. The summed E-state index contributed by atoms with van der Waals surface area (Å²) < 4.78 is 79.3. The number of hydrogen-bond acceptors (Lipinski definition) is 8. The van der Waals surface area contributed by atoms with Crippen molar-refractivity contribution in [2.45, 2.75) is 70.5 Å². The minimum Gasteiger partial charge on any atom is -0.491 e. The Bertz CT molecular complexity index is 1950. The lowest BCUT2D eigenvalue weighted by atomic mass is 9.89. The molecule has 0 radical (unpaired) electrons. The van der Waals surface area contributed by atoms with Gasteiger partial charge in [0.1, 0.15) is 24.3 Å². The number of carboxylic acids is 1. The van der Waals surface area contributed by atoms with Gasteiger partial charge in [-0.15, -0.1) is 24.5 Å². The number of ether oxygens (including phenoxy) is 2. The smallest absolute Gasteiger partial charge is 0.491 e. The normalized spacial score (nSPS) is 19.8. The molecule has 0 amide bonds. The summed E-state index contributed by atoms with van der Waals surface area (Å²) in [5.74, 6) is -3.88. The van der Waals surface area contributed by atoms with Crippen molar-refractivity contribution in [3.63, 3.8) is 0 Å². The van der Waals surface area contributed by atoms with Gasteiger partial charge in [-0.3, -0.25) is 24.0 Å². The number of thiophene rings is 1. The van der Waals surface area contributed by atoms with Gasteiger partial charge in [-0.1, -0.05) is 11.6 Å². The van der Waals surface area contributed by atoms with E-state index in [4.69, 9.17) is 16.3 Å². The van der Waals surface area contributed by atoms with Crippen LogP contribution in [0.5, 0.6) is 5.75 Å². The number of benzene rings is 1. The molecule has 2 aliphatic rings. The average molecular weight is 713 g/mol. The fourth-order valence-electron chi connectivity index (χ4n) is 6.52. The summed E-state index contributed by atoms with van der Waals surface area (Å²) in [6, 6.07) is 6.42. The molecule has 256 valence electrons. The molecular weight excluding hydrogens is 683 g/mol. The molecule has 0 saturated carbocycles. The van der Waals surface area contributed by atoms with Crippen molar-refractivity contribution in [3.05, 3.63) is 73.4 Å². The number of rotatable bonds is 8. The zero-order chi connectivity index (χ0) is 34.5. The second kappa shape index (κ2) is 13.0. The lowest BCUT2D eigenvalue weighted by Crippen LogP contribution is -2.57. The van der Waals surface area contributed by atoms with Gasteiger partial charge < -0.3 is 9.84 Å². The molecule has 48 heavy (non-hydrogen) atoms. The first-order valence-corrected chi connectivity index (χ1v) is 16.4. The van der Waals surface area contributed by atoms with Crippen LogP contribution < -0.4 is 10.3 Å². The third-order valence-electron chi connectivity index (χ3n) is 8.73. The highest BCUT2D eigenvalue weighted by atomic mass is 35.5. The number of aromatic nitrogens is 3. The number of likely N-dealkylation sites (tertiary alicyclic amines) is 1. The molecule has 0 bridgehead atoms. The molecule has 0 spiro atoms. The maximum absolute atomic E-state index is 14.7. The monoisotopic (exact) mass is 712 g/mol. The van der Waals surface area contributed by atoms with E-state index in [1.54, 1.807) is 32.0 Å². The molecule has 1 aliphatic carbocycles. The highest BCUT2D eigenvalue weighted by molar-refractivity contribution is 7.18. The SMILES string of the molecule is Cc1cc(-c2cc(Cl)ccc2OCCn2c(C)nc3c(c2=O)C[C@@H](N2CC[C@@H](OC(F)(F)F)C(F)(F)C2)CC3)c2scc(C(=O)O)c2n1. The number of alkyl halides is 5. The van der Waals surface area contributed by atoms with E-state index >= 15 is 0 Å². The van der Waals surface area contributed by atoms with Gasteiger partial charge in [0.2, 0.25) is 0 Å². The van der Waals surface area contributed by atoms with Crippen molar-refractivity contribution in [2.24, 2.45) is 0 Å². The van der Waals surface area contributed by atoms with Crippen LogP contribution in [0.3, 0.4) is 0 Å². The zero-order valence-corrected chi connectivity index (χ0v) is 27.3. The van der Waals surface area contributed by atoms with Crippen LogP contribution in [0, 0.1) is 13.8 Å². The van der Waals surface area contributed by atoms with Gasteiger partial charge in [0.15, 0.2) is 0 Å². The Kier molecular flexibility index (Phi) is 9.26. The highest BCUT2D eigenvalue weighted by Crippen LogP contribution is 2.41. The summed E-state index contributed by atoms with van der Waals surface area (Å²) in [4.78, 5) is 36.0. The summed E-state index contributed by atoms with van der Waals surface area (Å²) in [6.45, 7) is 2.70. The molecule has 1 aliphatic heterocycles. The topological polar surface area (TPSA) is 107 Å². The van der Waals surface area contributed by atoms with Gasteiger partial charge in [-0.25, -0.2) is 18.6 Å². The Hall–Kier alpha value is -3.66. The van der Waals surface area contributed by atoms with Crippen molar-refractivity contribution >= 4 is 39.1 Å². The van der Waals surface area contributed by atoms with E-state index in [1.165, 1.54) is 26.2 Å². The van der Waals surface area contributed by atoms with Gasteiger partial charge in [-0.05, 0) is 63.8 Å². The molecule has 9 nitrogen and oxygen atoms in total. The quantitative estimate of drug-likeness (QED) is 0.202. The van der Waals surface area contributed by atoms with Crippen LogP contribution in [0.1, 0.15) is 46.0 Å². The molecule has 1 aromatic carbocycles. The Morgan fingerprint density at radius 2 is 1.94 bits per heavy atom. The fourth-order valence-corrected chi connectivity index (χ4v) is 7.71. The zero-order valence-electron chi connectivity index (χ0n) is 25.7. The first kappa shape index (κ1) is 34.2. The molecule has 6 rings (SSSR count). The van der Waals surface area contributed by atoms with Crippen LogP contribution in [0.25, 0.3) is 21.3 Å². The van der Waals surface area contributed by atoms with Crippen molar-refractivity contribution in [1.29, 1.82) is 0 Å². The number of aromatic carboxylic acids is 1. The minimum absolute atomic E-state index is 0.0204. The fraction of sp³-hybridized carbons (Fsp3) is 0.438. The first-order valence-electron chi connectivity index (χ1n) is 15.1. The molecule has 4 aromatic rings. The average Bonchev–Trinajstić information content (AvgIpc) is 3.43. The van der Waals surface area contributed by atoms with E-state index in [0.29, 0.717) is 67.7 Å². The van der Waals surface area contributed by atoms with Crippen LogP contribution in [-0.4, -0.2) is 74.6 Å². The molecule has 3 aromatic heterocycles. The number of pyridine rings is 1. The first-order chi connectivity index (χ1) is 22.6. The summed E-state index contributed by atoms with van der Waals surface area (Å²) >= 11 is 7.60. The van der Waals surface area contributed by atoms with Crippen LogP contribution in [0.2, 0.25) is 5.02 Å². The van der Waals surface area contributed by atoms with E-state index < -0.39 is 43.4 Å². The van der Waals surface area contributed by atoms with Gasteiger partial charge in [0, 0.05) is 45.4 Å². The second-order valence-corrected chi connectivity index (χ2v) is 13.3. The van der Waals surface area contributed by atoms with Crippen molar-refractivity contribution < 1.29 is 41.3 Å². The van der Waals surface area contributed by atoms with E-state index in [9.17, 15) is 36.6 Å². The Morgan fingerprint density at radius 1 is 1.17 bits per heavy atom. The summed E-state index contributed by atoms with van der Waals surface area (Å²) in [7, 11) is 0. The van der Waals surface area contributed by atoms with Crippen LogP contribution in [-0.2, 0) is 24.1 Å². The van der Waals surface area contributed by atoms with Crippen LogP contribution >= 0.6 is 22.9 Å². The summed E-state index contributed by atoms with van der Waals surface area (Å²) in [6.07, 6.45) is -6.96. The van der Waals surface area contributed by atoms with E-state index in [0.717, 1.165) is 0 Å². The number of carbonyl (C=O) groups is 1. The van der Waals surface area contributed by atoms with E-state index in [1.807, 2.05) is 6.07 Å². The summed E-state index contributed by atoms with van der Waals surface area (Å²) in [5.41, 5.74) is 3.02. The number of nitrogens with zero attached hydrogens (tertiary/aromatic N) is 4. The Balaban J connectivity index is 1.20. The number of hydrogen-bond donors (Lipinski definition) is 1. The molecule has 1 N–H and O–H groups in total. The molecule has 4 heterocycles. The van der Waals surface area contributed by atoms with E-state index in [2.05, 4.69) is 14.7 Å². The predicted octanol–water partition coefficient (Wildman–Crippen LogP) is 6.67. The number of piperidine rings is 1. The van der Waals surface area contributed by atoms with Gasteiger partial charge in [0.05, 0.1) is 34.6 Å². The van der Waals surface area contributed by atoms with Crippen molar-refractivity contribution in [1.82, 2.24) is 19.4 Å². The highest BCUT2D eigenvalue weighted by Gasteiger charge is 2.51. The van der Waals surface area contributed by atoms with Crippen LogP contribution in [0.15, 0.2) is 34.4 Å². The second-order valence-electron chi connectivity index (χ2n) is 11.9. The van der Waals surface area contributed by atoms with Crippen molar-refractivity contribution in [3.8, 4) is 16.9 Å².